The maximum atomic E-state index is 12.4. The Morgan fingerprint density at radius 1 is 0.642 bits per heavy atom. The van der Waals surface area contributed by atoms with Crippen molar-refractivity contribution in [3.63, 3.8) is 0 Å². The van der Waals surface area contributed by atoms with Gasteiger partial charge in [0.1, 0.15) is 6.61 Å². The van der Waals surface area contributed by atoms with Gasteiger partial charge >= 0.3 is 19.8 Å². The topological polar surface area (TPSA) is 140 Å². The van der Waals surface area contributed by atoms with Gasteiger partial charge in [0.05, 0.1) is 12.7 Å². The highest BCUT2D eigenvalue weighted by molar-refractivity contribution is 7.46. The molecule has 0 radical (unpaired) electrons. The maximum absolute atomic E-state index is 12.4. The molecule has 10 heteroatoms. The van der Waals surface area contributed by atoms with Gasteiger partial charge in [-0.2, -0.15) is 0 Å². The summed E-state index contributed by atoms with van der Waals surface area (Å²) in [5.41, 5.74) is 0. The average molecular weight is 769 g/mol. The first-order valence-corrected chi connectivity index (χ1v) is 22.4. The van der Waals surface area contributed by atoms with Gasteiger partial charge < -0.3 is 24.4 Å². The number of carbonyl (C=O) groups excluding carboxylic acids is 2. The minimum atomic E-state index is -4.78. The van der Waals surface area contributed by atoms with E-state index in [2.05, 4.69) is 31.4 Å². The normalized spacial score (nSPS) is 13.6. The van der Waals surface area contributed by atoms with Crippen LogP contribution in [0.25, 0.3) is 0 Å². The van der Waals surface area contributed by atoms with Crippen molar-refractivity contribution in [1.82, 2.24) is 0 Å². The molecule has 0 heterocycles. The van der Waals surface area contributed by atoms with E-state index in [1.165, 1.54) is 89.9 Å². The summed E-state index contributed by atoms with van der Waals surface area (Å²) in [5.74, 6) is -0.162. The molecular weight excluding hydrogens is 691 g/mol. The summed E-state index contributed by atoms with van der Waals surface area (Å²) in [6.45, 7) is 5.88. The number of ether oxygens (including phenoxy) is 2. The van der Waals surface area contributed by atoms with Gasteiger partial charge in [-0.3, -0.25) is 14.1 Å². The lowest BCUT2D eigenvalue weighted by Gasteiger charge is -2.18. The zero-order valence-corrected chi connectivity index (χ0v) is 34.6. The fourth-order valence-electron chi connectivity index (χ4n) is 5.69. The molecule has 0 bridgehead atoms. The third-order valence-corrected chi connectivity index (χ3v) is 9.34. The van der Waals surface area contributed by atoms with Gasteiger partial charge in [-0.15, -0.1) is 0 Å². The van der Waals surface area contributed by atoms with Crippen LogP contribution >= 0.6 is 7.82 Å². The fraction of sp³-hybridized carbons (Fsp3) is 0.767. The molecule has 0 aliphatic rings. The van der Waals surface area contributed by atoms with Crippen LogP contribution in [-0.2, 0) is 28.2 Å². The van der Waals surface area contributed by atoms with Gasteiger partial charge in [0.15, 0.2) is 6.10 Å². The maximum Gasteiger partial charge on any atom is 0.469 e. The number of aliphatic hydroxyl groups excluding tert-OH is 1. The molecule has 0 saturated heterocycles. The lowest BCUT2D eigenvalue weighted by molar-refractivity contribution is -0.161. The van der Waals surface area contributed by atoms with E-state index in [9.17, 15) is 19.3 Å². The predicted molar refractivity (Wildman–Crippen MR) is 217 cm³/mol. The number of rotatable bonds is 37. The first-order chi connectivity index (χ1) is 25.5. The Hall–Kier alpha value is -2.03. The van der Waals surface area contributed by atoms with E-state index >= 15 is 0 Å². The number of allylic oxidation sites excluding steroid dienone is 6. The van der Waals surface area contributed by atoms with Crippen LogP contribution in [0.15, 0.2) is 48.6 Å². The minimum Gasteiger partial charge on any atom is -0.462 e. The molecule has 308 valence electrons. The van der Waals surface area contributed by atoms with Crippen LogP contribution in [0.1, 0.15) is 181 Å². The molecule has 0 saturated carbocycles. The number of phosphoric ester groups is 1. The summed E-state index contributed by atoms with van der Waals surface area (Å²) in [5, 5.41) is 10.00. The van der Waals surface area contributed by atoms with E-state index < -0.39 is 38.6 Å². The number of phosphoric acid groups is 1. The quantitative estimate of drug-likeness (QED) is 0.0185. The second kappa shape index (κ2) is 36.9. The molecule has 0 spiro atoms. The Balaban J connectivity index is 4.07. The smallest absolute Gasteiger partial charge is 0.462 e. The summed E-state index contributed by atoms with van der Waals surface area (Å²) >= 11 is 0. The van der Waals surface area contributed by atoms with Gasteiger partial charge in [-0.05, 0) is 50.9 Å². The van der Waals surface area contributed by atoms with Crippen molar-refractivity contribution in [1.29, 1.82) is 0 Å². The van der Waals surface area contributed by atoms with Gasteiger partial charge in [-0.1, -0.05) is 172 Å². The van der Waals surface area contributed by atoms with Crippen LogP contribution in [-0.4, -0.2) is 52.3 Å². The summed E-state index contributed by atoms with van der Waals surface area (Å²) < 4.78 is 26.3. The molecule has 3 N–H and O–H groups in total. The number of carbonyl (C=O) groups is 2. The molecule has 9 nitrogen and oxygen atoms in total. The fourth-order valence-corrected chi connectivity index (χ4v) is 6.05. The molecule has 0 amide bonds. The molecule has 0 aliphatic heterocycles. The molecule has 2 atom stereocenters. The summed E-state index contributed by atoms with van der Waals surface area (Å²) in [6.07, 6.45) is 40.1. The molecule has 0 rings (SSSR count). The number of aliphatic hydroxyl groups is 1. The average Bonchev–Trinajstić information content (AvgIpc) is 3.11. The van der Waals surface area contributed by atoms with Crippen molar-refractivity contribution in [3.05, 3.63) is 48.6 Å². The molecule has 0 aromatic heterocycles. The number of hydrogen-bond donors (Lipinski definition) is 3. The lowest BCUT2D eigenvalue weighted by Crippen LogP contribution is -2.29. The minimum absolute atomic E-state index is 0.104. The standard InChI is InChI=1S/C43H77O9P/c1-4-5-6-7-23-28-33-40(44)34-29-24-19-16-17-21-26-31-36-43(46)52-41(38-51-53(47,48)49)37-50-42(45)35-30-25-20-15-13-11-9-8-10-12-14-18-22-27-32-39(2)3/h17,19,21,23-24,28-29,34,39-41,44H,4-16,18,20,22,25-27,30-33,35-38H2,1-3H3,(H2,47,48,49)/b21-17-,24-19-,28-23-,34-29+/t40-,41+/m0/s1. The van der Waals surface area contributed by atoms with E-state index in [1.807, 2.05) is 36.5 Å². The Morgan fingerprint density at radius 3 is 1.81 bits per heavy atom. The van der Waals surface area contributed by atoms with Crippen molar-refractivity contribution in [2.45, 2.75) is 193 Å². The highest BCUT2D eigenvalue weighted by Crippen LogP contribution is 2.36. The Labute approximate surface area is 323 Å². The number of esters is 2. The summed E-state index contributed by atoms with van der Waals surface area (Å²) in [7, 11) is -4.78. The van der Waals surface area contributed by atoms with Crippen LogP contribution < -0.4 is 0 Å². The van der Waals surface area contributed by atoms with Gasteiger partial charge in [0.25, 0.3) is 0 Å². The van der Waals surface area contributed by atoms with Gasteiger partial charge in [0.2, 0.25) is 0 Å². The zero-order chi connectivity index (χ0) is 39.3. The van der Waals surface area contributed by atoms with E-state index in [1.54, 1.807) is 6.08 Å². The third-order valence-electron chi connectivity index (χ3n) is 8.86. The van der Waals surface area contributed by atoms with Crippen LogP contribution in [0.3, 0.4) is 0 Å². The predicted octanol–water partition coefficient (Wildman–Crippen LogP) is 11.6. The van der Waals surface area contributed by atoms with E-state index in [-0.39, 0.29) is 19.4 Å². The number of unbranched alkanes of at least 4 members (excludes halogenated alkanes) is 17. The summed E-state index contributed by atoms with van der Waals surface area (Å²) in [4.78, 5) is 42.8. The van der Waals surface area contributed by atoms with Gasteiger partial charge in [0, 0.05) is 12.8 Å². The van der Waals surface area contributed by atoms with Crippen molar-refractivity contribution in [2.75, 3.05) is 13.2 Å². The Morgan fingerprint density at radius 2 is 1.21 bits per heavy atom. The Bertz CT molecular complexity index is 1030. The van der Waals surface area contributed by atoms with Crippen molar-refractivity contribution in [2.24, 2.45) is 5.92 Å². The highest BCUT2D eigenvalue weighted by Gasteiger charge is 2.22. The first-order valence-electron chi connectivity index (χ1n) is 20.9. The Kier molecular flexibility index (Phi) is 35.5. The molecule has 53 heavy (non-hydrogen) atoms. The van der Waals surface area contributed by atoms with Crippen LogP contribution in [0.5, 0.6) is 0 Å². The van der Waals surface area contributed by atoms with E-state index in [0.29, 0.717) is 32.1 Å². The van der Waals surface area contributed by atoms with Crippen LogP contribution in [0.4, 0.5) is 0 Å². The third kappa shape index (κ3) is 41.0. The highest BCUT2D eigenvalue weighted by atomic mass is 31.2. The molecule has 0 aromatic carbocycles. The van der Waals surface area contributed by atoms with Crippen molar-refractivity contribution < 1.29 is 43.0 Å². The summed E-state index contributed by atoms with van der Waals surface area (Å²) in [6, 6.07) is 0. The number of hydrogen-bond acceptors (Lipinski definition) is 7. The van der Waals surface area contributed by atoms with Crippen LogP contribution in [0, 0.1) is 5.92 Å². The molecular formula is C43H77O9P. The van der Waals surface area contributed by atoms with Crippen molar-refractivity contribution >= 4 is 19.8 Å². The second-order valence-corrected chi connectivity index (χ2v) is 15.9. The first kappa shape index (κ1) is 51.0. The SMILES string of the molecule is CCCCC/C=C\C[C@H](O)/C=C/C=C\C/C=C\CCCC(=O)O[C@H](COC(=O)CCCCCCCCCCCCCCCCC(C)C)COP(=O)(O)O. The van der Waals surface area contributed by atoms with E-state index in [4.69, 9.17) is 19.3 Å². The molecule has 0 aliphatic carbocycles. The van der Waals surface area contributed by atoms with Crippen molar-refractivity contribution in [3.8, 4) is 0 Å². The molecule has 0 unspecified atom stereocenters. The zero-order valence-electron chi connectivity index (χ0n) is 33.7. The second-order valence-electron chi connectivity index (χ2n) is 14.6. The van der Waals surface area contributed by atoms with Gasteiger partial charge in [-0.25, -0.2) is 4.57 Å². The molecule has 0 fully saturated rings. The molecule has 0 aromatic rings. The largest absolute Gasteiger partial charge is 0.469 e. The van der Waals surface area contributed by atoms with E-state index in [0.717, 1.165) is 31.6 Å². The lowest BCUT2D eigenvalue weighted by atomic mass is 10.0. The van der Waals surface area contributed by atoms with Crippen LogP contribution in [0.2, 0.25) is 0 Å². The monoisotopic (exact) mass is 769 g/mol.